The molecular formula is C20H22N4O3S. The lowest BCUT2D eigenvalue weighted by Gasteiger charge is -2.40. The number of H-pyrrole nitrogens is 1. The molecule has 1 fully saturated rings. The minimum atomic E-state index is -3.70. The predicted octanol–water partition coefficient (Wildman–Crippen LogP) is 2.49. The first kappa shape index (κ1) is 18.6. The van der Waals surface area contributed by atoms with E-state index in [2.05, 4.69) is 9.97 Å². The van der Waals surface area contributed by atoms with E-state index in [9.17, 15) is 13.2 Å². The molecule has 0 spiro atoms. The van der Waals surface area contributed by atoms with E-state index >= 15 is 0 Å². The number of sulfonamides is 1. The molecule has 1 aromatic carbocycles. The van der Waals surface area contributed by atoms with Crippen molar-refractivity contribution >= 4 is 27.0 Å². The zero-order valence-corrected chi connectivity index (χ0v) is 16.4. The topological polar surface area (TPSA) is 86.4 Å². The number of aromatic nitrogens is 2. The number of aromatic amines is 1. The molecule has 1 amide bonds. The van der Waals surface area contributed by atoms with Crippen molar-refractivity contribution in [2.75, 3.05) is 19.6 Å². The maximum absolute atomic E-state index is 13.4. The molecule has 0 bridgehead atoms. The zero-order valence-electron chi connectivity index (χ0n) is 15.6. The highest BCUT2D eigenvalue weighted by atomic mass is 32.2. The van der Waals surface area contributed by atoms with Crippen LogP contribution >= 0.6 is 0 Å². The van der Waals surface area contributed by atoms with Crippen molar-refractivity contribution in [1.29, 1.82) is 0 Å². The average molecular weight is 398 g/mol. The summed E-state index contributed by atoms with van der Waals surface area (Å²) in [5.41, 5.74) is 1.17. The molecule has 1 aliphatic rings. The molecule has 146 valence electrons. The molecular weight excluding hydrogens is 376 g/mol. The van der Waals surface area contributed by atoms with E-state index in [0.29, 0.717) is 36.1 Å². The van der Waals surface area contributed by atoms with Crippen LogP contribution in [0.1, 0.15) is 23.7 Å². The van der Waals surface area contributed by atoms with Crippen LogP contribution in [0.5, 0.6) is 0 Å². The largest absolute Gasteiger partial charge is 0.345 e. The molecule has 0 aliphatic carbocycles. The average Bonchev–Trinajstić information content (AvgIpc) is 3.18. The maximum atomic E-state index is 13.4. The quantitative estimate of drug-likeness (QED) is 0.732. The van der Waals surface area contributed by atoms with Gasteiger partial charge in [-0.05, 0) is 30.7 Å². The van der Waals surface area contributed by atoms with Crippen LogP contribution in [0.3, 0.4) is 0 Å². The second-order valence-electron chi connectivity index (χ2n) is 6.85. The van der Waals surface area contributed by atoms with Gasteiger partial charge in [0.2, 0.25) is 10.0 Å². The molecule has 1 atom stereocenters. The predicted molar refractivity (Wildman–Crippen MR) is 106 cm³/mol. The summed E-state index contributed by atoms with van der Waals surface area (Å²) in [5, 5.41) is 0.583. The third-order valence-electron chi connectivity index (χ3n) is 5.21. The summed E-state index contributed by atoms with van der Waals surface area (Å²) >= 11 is 0. The van der Waals surface area contributed by atoms with E-state index in [0.717, 1.165) is 0 Å². The molecule has 1 aliphatic heterocycles. The Bertz CT molecular complexity index is 1090. The van der Waals surface area contributed by atoms with Crippen molar-refractivity contribution in [3.8, 4) is 0 Å². The van der Waals surface area contributed by atoms with Crippen LogP contribution in [0.25, 0.3) is 11.0 Å². The molecule has 3 aromatic rings. The Morgan fingerprint density at radius 3 is 2.71 bits per heavy atom. The molecule has 8 heteroatoms. The highest BCUT2D eigenvalue weighted by Gasteiger charge is 2.37. The molecule has 1 saturated heterocycles. The number of hydrogen-bond donors (Lipinski definition) is 1. The summed E-state index contributed by atoms with van der Waals surface area (Å²) in [6.07, 6.45) is 3.75. The summed E-state index contributed by atoms with van der Waals surface area (Å²) in [7, 11) is -3.70. The smallest absolute Gasteiger partial charge is 0.253 e. The van der Waals surface area contributed by atoms with Crippen LogP contribution in [-0.2, 0) is 10.0 Å². The Morgan fingerprint density at radius 1 is 1.18 bits per heavy atom. The Hall–Kier alpha value is -2.71. The van der Waals surface area contributed by atoms with Gasteiger partial charge in [-0.3, -0.25) is 4.79 Å². The van der Waals surface area contributed by atoms with Gasteiger partial charge in [0.1, 0.15) is 10.5 Å². The molecule has 3 heterocycles. The fourth-order valence-electron chi connectivity index (χ4n) is 3.71. The van der Waals surface area contributed by atoms with Gasteiger partial charge >= 0.3 is 0 Å². The number of benzene rings is 1. The van der Waals surface area contributed by atoms with Gasteiger partial charge in [0.15, 0.2) is 0 Å². The van der Waals surface area contributed by atoms with Crippen molar-refractivity contribution in [3.05, 3.63) is 60.4 Å². The van der Waals surface area contributed by atoms with E-state index in [4.69, 9.17) is 0 Å². The van der Waals surface area contributed by atoms with Gasteiger partial charge in [-0.1, -0.05) is 25.1 Å². The first-order chi connectivity index (χ1) is 13.5. The van der Waals surface area contributed by atoms with Crippen LogP contribution in [0, 0.1) is 0 Å². The second kappa shape index (κ2) is 7.37. The number of rotatable bonds is 4. The number of amides is 1. The van der Waals surface area contributed by atoms with Gasteiger partial charge < -0.3 is 9.88 Å². The first-order valence-electron chi connectivity index (χ1n) is 9.30. The number of hydrogen-bond acceptors (Lipinski definition) is 4. The van der Waals surface area contributed by atoms with E-state index < -0.39 is 10.0 Å². The van der Waals surface area contributed by atoms with Crippen molar-refractivity contribution in [1.82, 2.24) is 19.2 Å². The summed E-state index contributed by atoms with van der Waals surface area (Å²) in [6.45, 7) is 2.96. The Balaban J connectivity index is 1.60. The molecule has 0 radical (unpaired) electrons. The molecule has 28 heavy (non-hydrogen) atoms. The van der Waals surface area contributed by atoms with E-state index in [1.165, 1.54) is 10.5 Å². The number of carbonyl (C=O) groups excluding carboxylic acids is 1. The number of fused-ring (bicyclic) bond motifs is 1. The van der Waals surface area contributed by atoms with Gasteiger partial charge in [0, 0.05) is 49.0 Å². The molecule has 2 aromatic heterocycles. The zero-order chi connectivity index (χ0) is 19.7. The SMILES string of the molecule is CC[C@@H]1CN(C(=O)c2ccccc2)CCN1S(=O)(=O)c1c[nH]c2ncccc12. The molecule has 1 N–H and O–H groups in total. The van der Waals surface area contributed by atoms with E-state index in [1.807, 2.05) is 25.1 Å². The van der Waals surface area contributed by atoms with Gasteiger partial charge in [0.25, 0.3) is 5.91 Å². The lowest BCUT2D eigenvalue weighted by molar-refractivity contribution is 0.0624. The van der Waals surface area contributed by atoms with Crippen LogP contribution in [0.4, 0.5) is 0 Å². The maximum Gasteiger partial charge on any atom is 0.253 e. The summed E-state index contributed by atoms with van der Waals surface area (Å²) in [5.74, 6) is -0.0626. The second-order valence-corrected chi connectivity index (χ2v) is 8.71. The van der Waals surface area contributed by atoms with Crippen molar-refractivity contribution in [2.45, 2.75) is 24.3 Å². The third-order valence-corrected chi connectivity index (χ3v) is 7.20. The van der Waals surface area contributed by atoms with Crippen LogP contribution in [0.2, 0.25) is 0 Å². The lowest BCUT2D eigenvalue weighted by atomic mass is 10.1. The highest BCUT2D eigenvalue weighted by Crippen LogP contribution is 2.28. The lowest BCUT2D eigenvalue weighted by Crippen LogP contribution is -2.56. The standard InChI is InChI=1S/C20H22N4O3S/c1-2-16-14-23(20(25)15-7-4-3-5-8-15)11-12-24(16)28(26,27)18-13-22-19-17(18)9-6-10-21-19/h3-10,13,16H,2,11-12,14H2,1H3,(H,21,22)/t16-/m1/s1. The van der Waals surface area contributed by atoms with Gasteiger partial charge in [-0.15, -0.1) is 0 Å². The van der Waals surface area contributed by atoms with Crippen molar-refractivity contribution in [2.24, 2.45) is 0 Å². The summed E-state index contributed by atoms with van der Waals surface area (Å²) < 4.78 is 28.2. The number of pyridine rings is 1. The summed E-state index contributed by atoms with van der Waals surface area (Å²) in [6, 6.07) is 12.3. The third kappa shape index (κ3) is 3.18. The van der Waals surface area contributed by atoms with Crippen LogP contribution < -0.4 is 0 Å². The van der Waals surface area contributed by atoms with Crippen molar-refractivity contribution < 1.29 is 13.2 Å². The number of piperazine rings is 1. The van der Waals surface area contributed by atoms with Gasteiger partial charge in [-0.2, -0.15) is 4.31 Å². The number of nitrogens with zero attached hydrogens (tertiary/aromatic N) is 3. The molecule has 0 saturated carbocycles. The summed E-state index contributed by atoms with van der Waals surface area (Å²) in [4.78, 5) is 21.9. The Kier molecular flexibility index (Phi) is 4.91. The highest BCUT2D eigenvalue weighted by molar-refractivity contribution is 7.89. The normalized spacial score (nSPS) is 18.5. The monoisotopic (exact) mass is 398 g/mol. The number of carbonyl (C=O) groups is 1. The van der Waals surface area contributed by atoms with E-state index in [-0.39, 0.29) is 23.4 Å². The van der Waals surface area contributed by atoms with Crippen LogP contribution in [-0.4, -0.2) is 59.2 Å². The Labute approximate surface area is 164 Å². The van der Waals surface area contributed by atoms with E-state index in [1.54, 1.807) is 35.4 Å². The van der Waals surface area contributed by atoms with Gasteiger partial charge in [-0.25, -0.2) is 13.4 Å². The fraction of sp³-hybridized carbons (Fsp3) is 0.300. The van der Waals surface area contributed by atoms with Gasteiger partial charge in [0.05, 0.1) is 0 Å². The Morgan fingerprint density at radius 2 is 1.96 bits per heavy atom. The van der Waals surface area contributed by atoms with Crippen molar-refractivity contribution in [3.63, 3.8) is 0 Å². The first-order valence-corrected chi connectivity index (χ1v) is 10.7. The van der Waals surface area contributed by atoms with Crippen LogP contribution in [0.15, 0.2) is 59.8 Å². The molecule has 4 rings (SSSR count). The minimum Gasteiger partial charge on any atom is -0.345 e. The number of nitrogens with one attached hydrogen (secondary N) is 1. The fourth-order valence-corrected chi connectivity index (χ4v) is 5.54. The molecule has 0 unspecified atom stereocenters. The molecule has 7 nitrogen and oxygen atoms in total. The minimum absolute atomic E-state index is 0.0626.